The van der Waals surface area contributed by atoms with E-state index in [4.69, 9.17) is 4.98 Å². The van der Waals surface area contributed by atoms with Gasteiger partial charge >= 0.3 is 0 Å². The van der Waals surface area contributed by atoms with Gasteiger partial charge in [-0.25, -0.2) is 4.98 Å². The fourth-order valence-corrected chi connectivity index (χ4v) is 4.12. The van der Waals surface area contributed by atoms with Gasteiger partial charge in [-0.15, -0.1) is 11.3 Å². The van der Waals surface area contributed by atoms with Crippen LogP contribution in [0.25, 0.3) is 0 Å². The summed E-state index contributed by atoms with van der Waals surface area (Å²) in [6.45, 7) is 13.3. The summed E-state index contributed by atoms with van der Waals surface area (Å²) in [5.74, 6) is 0.751. The monoisotopic (exact) mass is 308 g/mol. The summed E-state index contributed by atoms with van der Waals surface area (Å²) >= 11 is 1.92. The SMILES string of the molecule is CCNCc1sc(N2CCN(C(C)C)CC2)nc1C1CC1. The van der Waals surface area contributed by atoms with E-state index in [-0.39, 0.29) is 0 Å². The van der Waals surface area contributed by atoms with E-state index in [9.17, 15) is 0 Å². The van der Waals surface area contributed by atoms with Gasteiger partial charge in [0.1, 0.15) is 0 Å². The molecule has 0 aromatic carbocycles. The van der Waals surface area contributed by atoms with Crippen LogP contribution >= 0.6 is 11.3 Å². The molecule has 21 heavy (non-hydrogen) atoms. The molecule has 118 valence electrons. The van der Waals surface area contributed by atoms with Crippen LogP contribution in [0.3, 0.4) is 0 Å². The molecule has 1 saturated carbocycles. The topological polar surface area (TPSA) is 31.4 Å². The lowest BCUT2D eigenvalue weighted by Gasteiger charge is -2.36. The highest BCUT2D eigenvalue weighted by molar-refractivity contribution is 7.15. The minimum absolute atomic E-state index is 0.662. The van der Waals surface area contributed by atoms with Gasteiger partial charge in [-0.2, -0.15) is 0 Å². The Hall–Kier alpha value is -0.650. The van der Waals surface area contributed by atoms with Gasteiger partial charge in [-0.05, 0) is 33.2 Å². The van der Waals surface area contributed by atoms with Crippen LogP contribution < -0.4 is 10.2 Å². The lowest BCUT2D eigenvalue weighted by Crippen LogP contribution is -2.48. The first kappa shape index (κ1) is 15.3. The van der Waals surface area contributed by atoms with Crippen molar-refractivity contribution in [3.8, 4) is 0 Å². The van der Waals surface area contributed by atoms with E-state index in [0.717, 1.165) is 32.1 Å². The van der Waals surface area contributed by atoms with Crippen molar-refractivity contribution in [3.63, 3.8) is 0 Å². The zero-order valence-corrected chi connectivity index (χ0v) is 14.4. The Morgan fingerprint density at radius 1 is 1.24 bits per heavy atom. The molecule has 1 aromatic rings. The molecular weight excluding hydrogens is 280 g/mol. The highest BCUT2D eigenvalue weighted by Crippen LogP contribution is 2.44. The molecule has 0 amide bonds. The van der Waals surface area contributed by atoms with Gasteiger partial charge in [0.15, 0.2) is 5.13 Å². The number of anilines is 1. The standard InChI is InChI=1S/C16H28N4S/c1-4-17-11-14-15(13-5-6-13)18-16(21-14)20-9-7-19(8-10-20)12(2)3/h12-13,17H,4-11H2,1-3H3. The molecule has 0 bridgehead atoms. The first-order valence-electron chi connectivity index (χ1n) is 8.38. The third-order valence-corrected chi connectivity index (χ3v) is 5.66. The highest BCUT2D eigenvalue weighted by Gasteiger charge is 2.31. The number of rotatable bonds is 6. The van der Waals surface area contributed by atoms with Gasteiger partial charge in [0.25, 0.3) is 0 Å². The summed E-state index contributed by atoms with van der Waals surface area (Å²) in [5, 5.41) is 4.73. The van der Waals surface area contributed by atoms with Crippen molar-refractivity contribution in [1.29, 1.82) is 0 Å². The third-order valence-electron chi connectivity index (χ3n) is 4.53. The average Bonchev–Trinajstić information content (AvgIpc) is 3.25. The second kappa shape index (κ2) is 6.63. The minimum atomic E-state index is 0.662. The number of nitrogens with zero attached hydrogens (tertiary/aromatic N) is 3. The number of aromatic nitrogens is 1. The predicted molar refractivity (Wildman–Crippen MR) is 90.4 cm³/mol. The predicted octanol–water partition coefficient (Wildman–Crippen LogP) is 2.66. The number of piperazine rings is 1. The fraction of sp³-hybridized carbons (Fsp3) is 0.812. The maximum atomic E-state index is 5.00. The molecule has 0 spiro atoms. The quantitative estimate of drug-likeness (QED) is 0.875. The number of hydrogen-bond acceptors (Lipinski definition) is 5. The van der Waals surface area contributed by atoms with Crippen molar-refractivity contribution >= 4 is 16.5 Å². The van der Waals surface area contributed by atoms with Gasteiger partial charge in [0.05, 0.1) is 5.69 Å². The van der Waals surface area contributed by atoms with E-state index in [0.29, 0.717) is 6.04 Å². The lowest BCUT2D eigenvalue weighted by atomic mass is 10.2. The molecule has 2 fully saturated rings. The smallest absolute Gasteiger partial charge is 0.185 e. The summed E-state index contributed by atoms with van der Waals surface area (Å²) in [7, 11) is 0. The second-order valence-electron chi connectivity index (χ2n) is 6.48. The third kappa shape index (κ3) is 3.58. The van der Waals surface area contributed by atoms with Crippen LogP contribution in [0.15, 0.2) is 0 Å². The molecule has 0 unspecified atom stereocenters. The van der Waals surface area contributed by atoms with E-state index >= 15 is 0 Å². The molecule has 1 aliphatic heterocycles. The molecule has 2 aliphatic rings. The van der Waals surface area contributed by atoms with Crippen molar-refractivity contribution in [1.82, 2.24) is 15.2 Å². The largest absolute Gasteiger partial charge is 0.346 e. The first-order valence-corrected chi connectivity index (χ1v) is 9.20. The summed E-state index contributed by atoms with van der Waals surface area (Å²) in [6.07, 6.45) is 2.67. The number of thiazole rings is 1. The average molecular weight is 308 g/mol. The molecular formula is C16H28N4S. The van der Waals surface area contributed by atoms with E-state index in [1.165, 1.54) is 41.6 Å². The van der Waals surface area contributed by atoms with Crippen LogP contribution in [0, 0.1) is 0 Å². The van der Waals surface area contributed by atoms with Crippen molar-refractivity contribution in [3.05, 3.63) is 10.6 Å². The summed E-state index contributed by atoms with van der Waals surface area (Å²) in [6, 6.07) is 0.662. The van der Waals surface area contributed by atoms with Crippen LogP contribution in [0.1, 0.15) is 50.1 Å². The molecule has 1 saturated heterocycles. The van der Waals surface area contributed by atoms with E-state index < -0.39 is 0 Å². The van der Waals surface area contributed by atoms with Crippen LogP contribution in [-0.2, 0) is 6.54 Å². The molecule has 0 atom stereocenters. The van der Waals surface area contributed by atoms with E-state index in [2.05, 4.69) is 35.9 Å². The van der Waals surface area contributed by atoms with Gasteiger partial charge in [-0.1, -0.05) is 6.92 Å². The molecule has 1 N–H and O–H groups in total. The van der Waals surface area contributed by atoms with Crippen molar-refractivity contribution < 1.29 is 0 Å². The summed E-state index contributed by atoms with van der Waals surface area (Å²) in [5.41, 5.74) is 1.39. The Bertz CT molecular complexity index is 459. The van der Waals surface area contributed by atoms with Crippen LogP contribution in [-0.4, -0.2) is 48.6 Å². The zero-order valence-electron chi connectivity index (χ0n) is 13.6. The molecule has 2 heterocycles. The maximum Gasteiger partial charge on any atom is 0.185 e. The Morgan fingerprint density at radius 3 is 2.52 bits per heavy atom. The van der Waals surface area contributed by atoms with E-state index in [1.54, 1.807) is 0 Å². The van der Waals surface area contributed by atoms with Crippen LogP contribution in [0.2, 0.25) is 0 Å². The van der Waals surface area contributed by atoms with Crippen molar-refractivity contribution in [2.24, 2.45) is 0 Å². The minimum Gasteiger partial charge on any atom is -0.346 e. The highest BCUT2D eigenvalue weighted by atomic mass is 32.1. The first-order chi connectivity index (χ1) is 10.2. The van der Waals surface area contributed by atoms with Gasteiger partial charge in [0, 0.05) is 49.6 Å². The molecule has 4 nitrogen and oxygen atoms in total. The fourth-order valence-electron chi connectivity index (χ4n) is 2.96. The normalized spacial score (nSPS) is 20.5. The summed E-state index contributed by atoms with van der Waals surface area (Å²) in [4.78, 5) is 11.5. The Morgan fingerprint density at radius 2 is 1.95 bits per heavy atom. The molecule has 5 heteroatoms. The lowest BCUT2D eigenvalue weighted by molar-refractivity contribution is 0.209. The maximum absolute atomic E-state index is 5.00. The Kier molecular flexibility index (Phi) is 4.82. The van der Waals surface area contributed by atoms with Gasteiger partial charge in [0.2, 0.25) is 0 Å². The van der Waals surface area contributed by atoms with Crippen LogP contribution in [0.5, 0.6) is 0 Å². The van der Waals surface area contributed by atoms with Crippen LogP contribution in [0.4, 0.5) is 5.13 Å². The van der Waals surface area contributed by atoms with Gasteiger partial charge in [-0.3, -0.25) is 4.90 Å². The zero-order chi connectivity index (χ0) is 14.8. The second-order valence-corrected chi connectivity index (χ2v) is 7.54. The molecule has 1 aromatic heterocycles. The van der Waals surface area contributed by atoms with Crippen molar-refractivity contribution in [2.75, 3.05) is 37.6 Å². The number of nitrogens with one attached hydrogen (secondary N) is 1. The van der Waals surface area contributed by atoms with Crippen molar-refractivity contribution in [2.45, 2.75) is 52.1 Å². The van der Waals surface area contributed by atoms with E-state index in [1.807, 2.05) is 11.3 Å². The molecule has 1 aliphatic carbocycles. The van der Waals surface area contributed by atoms with Gasteiger partial charge < -0.3 is 10.2 Å². The summed E-state index contributed by atoms with van der Waals surface area (Å²) < 4.78 is 0. The molecule has 3 rings (SSSR count). The Labute approximate surface area is 132 Å². The number of hydrogen-bond donors (Lipinski definition) is 1. The Balaban J connectivity index is 1.68. The molecule has 0 radical (unpaired) electrons.